The fourth-order valence-corrected chi connectivity index (χ4v) is 3.86. The summed E-state index contributed by atoms with van der Waals surface area (Å²) in [6.07, 6.45) is 5.39. The van der Waals surface area contributed by atoms with Gasteiger partial charge in [-0.3, -0.25) is 4.79 Å². The molecule has 22 heavy (non-hydrogen) atoms. The van der Waals surface area contributed by atoms with E-state index < -0.39 is 0 Å². The molecule has 3 rings (SSSR count). The van der Waals surface area contributed by atoms with Gasteiger partial charge in [0.15, 0.2) is 0 Å². The van der Waals surface area contributed by atoms with Crippen LogP contribution in [0.5, 0.6) is 5.75 Å². The molecular formula is C18H21NO2S. The number of nitrogens with zero attached hydrogens (tertiary/aromatic N) is 1. The number of likely N-dealkylation sites (tertiary alicyclic amines) is 1. The molecule has 0 unspecified atom stereocenters. The molecule has 1 aromatic carbocycles. The number of benzene rings is 1. The average Bonchev–Trinajstić information content (AvgIpc) is 3.06. The highest BCUT2D eigenvalue weighted by Gasteiger charge is 2.27. The maximum absolute atomic E-state index is 12.7. The first kappa shape index (κ1) is 15.1. The van der Waals surface area contributed by atoms with Gasteiger partial charge >= 0.3 is 0 Å². The molecule has 1 amide bonds. The van der Waals surface area contributed by atoms with Crippen molar-refractivity contribution in [1.29, 1.82) is 0 Å². The van der Waals surface area contributed by atoms with E-state index >= 15 is 0 Å². The normalized spacial score (nSPS) is 18.4. The molecule has 1 aromatic heterocycles. The van der Waals surface area contributed by atoms with Crippen LogP contribution < -0.4 is 0 Å². The smallest absolute Gasteiger partial charge is 0.254 e. The van der Waals surface area contributed by atoms with Gasteiger partial charge in [0.1, 0.15) is 5.75 Å². The Morgan fingerprint density at radius 2 is 2.18 bits per heavy atom. The Morgan fingerprint density at radius 1 is 1.27 bits per heavy atom. The van der Waals surface area contributed by atoms with Crippen molar-refractivity contribution in [2.75, 3.05) is 6.54 Å². The Kier molecular flexibility index (Phi) is 4.78. The SMILES string of the molecule is O=C(c1cccc(O)c1)N1CCCC[C@H]1CCc1cccs1. The zero-order valence-corrected chi connectivity index (χ0v) is 13.4. The molecule has 0 spiro atoms. The predicted octanol–water partition coefficient (Wildman–Crippen LogP) is 4.08. The van der Waals surface area contributed by atoms with Crippen molar-refractivity contribution in [3.05, 3.63) is 52.2 Å². The third kappa shape index (κ3) is 3.50. The van der Waals surface area contributed by atoms with E-state index in [1.54, 1.807) is 35.6 Å². The number of amides is 1. The highest BCUT2D eigenvalue weighted by atomic mass is 32.1. The number of hydrogen-bond acceptors (Lipinski definition) is 3. The standard InChI is InChI=1S/C18H21NO2S/c20-16-7-3-5-14(13-16)18(21)19-11-2-1-6-15(19)9-10-17-8-4-12-22-17/h3-5,7-8,12-13,15,20H,1-2,6,9-11H2/t15-/m0/s1. The molecule has 1 saturated heterocycles. The second kappa shape index (κ2) is 6.97. The monoisotopic (exact) mass is 315 g/mol. The zero-order valence-electron chi connectivity index (χ0n) is 12.6. The number of carbonyl (C=O) groups is 1. The van der Waals surface area contributed by atoms with Crippen LogP contribution in [-0.2, 0) is 6.42 Å². The largest absolute Gasteiger partial charge is 0.508 e. The first-order chi connectivity index (χ1) is 10.7. The second-order valence-corrected chi connectivity index (χ2v) is 6.85. The summed E-state index contributed by atoms with van der Waals surface area (Å²) in [7, 11) is 0. The summed E-state index contributed by atoms with van der Waals surface area (Å²) in [5, 5.41) is 11.7. The van der Waals surface area contributed by atoms with Crippen LogP contribution in [0.4, 0.5) is 0 Å². The van der Waals surface area contributed by atoms with E-state index in [1.807, 2.05) is 4.90 Å². The molecule has 0 radical (unpaired) electrons. The number of aromatic hydroxyl groups is 1. The molecule has 1 aliphatic heterocycles. The van der Waals surface area contributed by atoms with Crippen molar-refractivity contribution in [2.24, 2.45) is 0 Å². The maximum atomic E-state index is 12.7. The van der Waals surface area contributed by atoms with Gasteiger partial charge in [-0.2, -0.15) is 0 Å². The molecule has 1 fully saturated rings. The molecule has 2 aromatic rings. The number of hydrogen-bond donors (Lipinski definition) is 1. The van der Waals surface area contributed by atoms with Crippen LogP contribution in [0.2, 0.25) is 0 Å². The summed E-state index contributed by atoms with van der Waals surface area (Å²) >= 11 is 1.78. The number of phenolic OH excluding ortho intramolecular Hbond substituents is 1. The molecule has 0 saturated carbocycles. The Balaban J connectivity index is 1.70. The fraction of sp³-hybridized carbons (Fsp3) is 0.389. The molecule has 0 aliphatic carbocycles. The third-order valence-electron chi connectivity index (χ3n) is 4.29. The second-order valence-electron chi connectivity index (χ2n) is 5.82. The third-order valence-corrected chi connectivity index (χ3v) is 5.22. The van der Waals surface area contributed by atoms with Gasteiger partial charge in [0.25, 0.3) is 5.91 Å². The van der Waals surface area contributed by atoms with E-state index in [1.165, 1.54) is 11.3 Å². The van der Waals surface area contributed by atoms with Gasteiger partial charge < -0.3 is 10.0 Å². The molecular weight excluding hydrogens is 294 g/mol. The number of aryl methyl sites for hydroxylation is 1. The number of thiophene rings is 1. The molecule has 1 atom stereocenters. The summed E-state index contributed by atoms with van der Waals surface area (Å²) < 4.78 is 0. The predicted molar refractivity (Wildman–Crippen MR) is 89.4 cm³/mol. The zero-order chi connectivity index (χ0) is 15.4. The van der Waals surface area contributed by atoms with E-state index in [2.05, 4.69) is 17.5 Å². The van der Waals surface area contributed by atoms with Crippen LogP contribution in [0.25, 0.3) is 0 Å². The Bertz CT molecular complexity index is 624. The van der Waals surface area contributed by atoms with E-state index in [0.29, 0.717) is 11.6 Å². The van der Waals surface area contributed by atoms with E-state index in [4.69, 9.17) is 0 Å². The van der Waals surface area contributed by atoms with Gasteiger partial charge in [0.2, 0.25) is 0 Å². The van der Waals surface area contributed by atoms with Crippen LogP contribution in [0.3, 0.4) is 0 Å². The van der Waals surface area contributed by atoms with Gasteiger partial charge in [-0.1, -0.05) is 12.1 Å². The fourth-order valence-electron chi connectivity index (χ4n) is 3.14. The van der Waals surface area contributed by atoms with Crippen molar-refractivity contribution in [3.63, 3.8) is 0 Å². The van der Waals surface area contributed by atoms with Crippen LogP contribution in [-0.4, -0.2) is 28.5 Å². The molecule has 116 valence electrons. The summed E-state index contributed by atoms with van der Waals surface area (Å²) in [4.78, 5) is 16.1. The topological polar surface area (TPSA) is 40.5 Å². The van der Waals surface area contributed by atoms with Gasteiger partial charge in [0, 0.05) is 23.0 Å². The molecule has 1 N–H and O–H groups in total. The van der Waals surface area contributed by atoms with E-state index in [0.717, 1.165) is 32.2 Å². The van der Waals surface area contributed by atoms with Crippen LogP contribution in [0, 0.1) is 0 Å². The lowest BCUT2D eigenvalue weighted by atomic mass is 9.96. The molecule has 4 heteroatoms. The van der Waals surface area contributed by atoms with E-state index in [9.17, 15) is 9.90 Å². The maximum Gasteiger partial charge on any atom is 0.254 e. The molecule has 3 nitrogen and oxygen atoms in total. The summed E-state index contributed by atoms with van der Waals surface area (Å²) in [6.45, 7) is 0.823. The first-order valence-corrected chi connectivity index (χ1v) is 8.74. The number of rotatable bonds is 4. The van der Waals surface area contributed by atoms with Crippen molar-refractivity contribution in [1.82, 2.24) is 4.90 Å². The van der Waals surface area contributed by atoms with Gasteiger partial charge in [-0.15, -0.1) is 11.3 Å². The van der Waals surface area contributed by atoms with Gasteiger partial charge in [-0.05, 0) is 61.7 Å². The van der Waals surface area contributed by atoms with Crippen molar-refractivity contribution in [2.45, 2.75) is 38.1 Å². The Hall–Kier alpha value is -1.81. The molecule has 0 bridgehead atoms. The Morgan fingerprint density at radius 3 is 2.95 bits per heavy atom. The minimum atomic E-state index is 0.0479. The number of carbonyl (C=O) groups excluding carboxylic acids is 1. The Labute approximate surface area is 135 Å². The minimum Gasteiger partial charge on any atom is -0.508 e. The summed E-state index contributed by atoms with van der Waals surface area (Å²) in [5.74, 6) is 0.199. The van der Waals surface area contributed by atoms with Crippen molar-refractivity contribution >= 4 is 17.2 Å². The first-order valence-electron chi connectivity index (χ1n) is 7.86. The van der Waals surface area contributed by atoms with Crippen LogP contribution >= 0.6 is 11.3 Å². The van der Waals surface area contributed by atoms with Crippen LogP contribution in [0.1, 0.15) is 40.9 Å². The number of phenols is 1. The lowest BCUT2D eigenvalue weighted by molar-refractivity contribution is 0.0602. The quantitative estimate of drug-likeness (QED) is 0.923. The van der Waals surface area contributed by atoms with Crippen molar-refractivity contribution in [3.8, 4) is 5.75 Å². The lowest BCUT2D eigenvalue weighted by Crippen LogP contribution is -2.43. The highest BCUT2D eigenvalue weighted by Crippen LogP contribution is 2.25. The van der Waals surface area contributed by atoms with Gasteiger partial charge in [0.05, 0.1) is 0 Å². The number of piperidine rings is 1. The highest BCUT2D eigenvalue weighted by molar-refractivity contribution is 7.09. The van der Waals surface area contributed by atoms with E-state index in [-0.39, 0.29) is 11.7 Å². The molecule has 2 heterocycles. The van der Waals surface area contributed by atoms with Gasteiger partial charge in [-0.25, -0.2) is 0 Å². The summed E-state index contributed by atoms with van der Waals surface area (Å²) in [5.41, 5.74) is 0.586. The molecule has 1 aliphatic rings. The minimum absolute atomic E-state index is 0.0479. The van der Waals surface area contributed by atoms with Crippen LogP contribution in [0.15, 0.2) is 41.8 Å². The lowest BCUT2D eigenvalue weighted by Gasteiger charge is -2.36. The average molecular weight is 315 g/mol. The van der Waals surface area contributed by atoms with Crippen molar-refractivity contribution < 1.29 is 9.90 Å². The summed E-state index contributed by atoms with van der Waals surface area (Å²) in [6, 6.07) is 11.2.